The maximum atomic E-state index is 12.1. The van der Waals surface area contributed by atoms with E-state index in [2.05, 4.69) is 15.4 Å². The topological polar surface area (TPSA) is 111 Å². The van der Waals surface area contributed by atoms with Crippen LogP contribution in [0.3, 0.4) is 0 Å². The Bertz CT molecular complexity index is 669. The number of hydrogen-bond acceptors (Lipinski definition) is 4. The predicted octanol–water partition coefficient (Wildman–Crippen LogP) is 1.21. The Kier molecular flexibility index (Phi) is 6.07. The highest BCUT2D eigenvalue weighted by Gasteiger charge is 2.17. The first-order valence-electron chi connectivity index (χ1n) is 6.83. The fourth-order valence-electron chi connectivity index (χ4n) is 1.69. The number of aryl methyl sites for hydroxylation is 1. The molecule has 0 heterocycles. The molecule has 22 heavy (non-hydrogen) atoms. The first-order chi connectivity index (χ1) is 10.1. The van der Waals surface area contributed by atoms with Gasteiger partial charge in [0.25, 0.3) is 0 Å². The minimum atomic E-state index is -3.61. The van der Waals surface area contributed by atoms with Gasteiger partial charge < -0.3 is 10.6 Å². The average molecular weight is 326 g/mol. The van der Waals surface area contributed by atoms with Crippen molar-refractivity contribution in [2.24, 2.45) is 0 Å². The van der Waals surface area contributed by atoms with Gasteiger partial charge >= 0.3 is 0 Å². The molecule has 0 spiro atoms. The molecule has 0 unspecified atom stereocenters. The lowest BCUT2D eigenvalue weighted by Gasteiger charge is -2.13. The summed E-state index contributed by atoms with van der Waals surface area (Å²) in [4.78, 5) is 11.9. The van der Waals surface area contributed by atoms with Crippen LogP contribution in [0.25, 0.3) is 0 Å². The molecule has 0 radical (unpaired) electrons. The lowest BCUT2D eigenvalue weighted by molar-refractivity contribution is -0.115. The van der Waals surface area contributed by atoms with Gasteiger partial charge in [-0.3, -0.25) is 10.2 Å². The van der Waals surface area contributed by atoms with Crippen LogP contribution in [-0.4, -0.2) is 32.7 Å². The van der Waals surface area contributed by atoms with Crippen LogP contribution in [-0.2, 0) is 14.8 Å². The zero-order valence-electron chi connectivity index (χ0n) is 13.1. The Labute approximate surface area is 131 Å². The Balaban J connectivity index is 2.95. The van der Waals surface area contributed by atoms with Crippen molar-refractivity contribution in [1.29, 1.82) is 5.41 Å². The van der Waals surface area contributed by atoms with Crippen molar-refractivity contribution in [1.82, 2.24) is 10.0 Å². The SMILES string of the molecule is CC(=N)NCC(=O)Nc1cc(S(=O)(=O)NC(C)C)ccc1C. The third kappa shape index (κ3) is 5.45. The Morgan fingerprint density at radius 2 is 1.95 bits per heavy atom. The van der Waals surface area contributed by atoms with Crippen LogP contribution in [0.15, 0.2) is 23.1 Å². The van der Waals surface area contributed by atoms with Crippen molar-refractivity contribution in [2.45, 2.75) is 38.6 Å². The second-order valence-corrected chi connectivity index (χ2v) is 6.99. The third-order valence-corrected chi connectivity index (χ3v) is 4.35. The smallest absolute Gasteiger partial charge is 0.243 e. The summed E-state index contributed by atoms with van der Waals surface area (Å²) in [5, 5.41) is 12.4. The Morgan fingerprint density at radius 3 is 2.50 bits per heavy atom. The molecule has 4 N–H and O–H groups in total. The number of amides is 1. The number of carbonyl (C=O) groups is 1. The average Bonchev–Trinajstić information content (AvgIpc) is 2.37. The number of benzene rings is 1. The molecule has 0 atom stereocenters. The van der Waals surface area contributed by atoms with E-state index in [9.17, 15) is 13.2 Å². The first kappa shape index (κ1) is 18.1. The van der Waals surface area contributed by atoms with Crippen LogP contribution in [0.1, 0.15) is 26.3 Å². The number of amidine groups is 1. The number of sulfonamides is 1. The van der Waals surface area contributed by atoms with E-state index in [1.165, 1.54) is 19.1 Å². The zero-order chi connectivity index (χ0) is 16.9. The molecule has 1 aromatic carbocycles. The zero-order valence-corrected chi connectivity index (χ0v) is 14.0. The summed E-state index contributed by atoms with van der Waals surface area (Å²) in [6, 6.07) is 4.34. The van der Waals surface area contributed by atoms with Crippen molar-refractivity contribution in [3.63, 3.8) is 0 Å². The summed E-state index contributed by atoms with van der Waals surface area (Å²) in [7, 11) is -3.61. The lowest BCUT2D eigenvalue weighted by Crippen LogP contribution is -2.31. The van der Waals surface area contributed by atoms with Crippen LogP contribution < -0.4 is 15.4 Å². The summed E-state index contributed by atoms with van der Waals surface area (Å²) in [6.45, 7) is 6.73. The second kappa shape index (κ2) is 7.37. The largest absolute Gasteiger partial charge is 0.365 e. The van der Waals surface area contributed by atoms with Crippen molar-refractivity contribution in [3.05, 3.63) is 23.8 Å². The Hall–Kier alpha value is -1.93. The molecule has 7 nitrogen and oxygen atoms in total. The molecule has 0 saturated carbocycles. The van der Waals surface area contributed by atoms with Gasteiger partial charge in [0.2, 0.25) is 15.9 Å². The molecular weight excluding hydrogens is 304 g/mol. The Morgan fingerprint density at radius 1 is 1.32 bits per heavy atom. The van der Waals surface area contributed by atoms with E-state index in [-0.39, 0.29) is 29.2 Å². The highest BCUT2D eigenvalue weighted by atomic mass is 32.2. The lowest BCUT2D eigenvalue weighted by atomic mass is 10.2. The van der Waals surface area contributed by atoms with Crippen molar-refractivity contribution in [3.8, 4) is 0 Å². The third-order valence-electron chi connectivity index (χ3n) is 2.70. The standard InChI is InChI=1S/C14H22N4O3S/c1-9(2)18-22(20,21)12-6-5-10(3)13(7-12)17-14(19)8-16-11(4)15/h5-7,9,18H,8H2,1-4H3,(H2,15,16)(H,17,19). The molecule has 0 aliphatic rings. The van der Waals surface area contributed by atoms with Gasteiger partial charge in [0.05, 0.1) is 17.3 Å². The molecule has 0 aliphatic carbocycles. The minimum absolute atomic E-state index is 0.0456. The fraction of sp³-hybridized carbons (Fsp3) is 0.429. The fourth-order valence-corrected chi connectivity index (χ4v) is 2.97. The molecular formula is C14H22N4O3S. The molecule has 0 fully saturated rings. The van der Waals surface area contributed by atoms with Crippen LogP contribution in [0.4, 0.5) is 5.69 Å². The molecule has 0 bridgehead atoms. The summed E-state index contributed by atoms with van der Waals surface area (Å²) < 4.78 is 26.8. The van der Waals surface area contributed by atoms with Gasteiger partial charge in [-0.25, -0.2) is 13.1 Å². The molecule has 1 rings (SSSR count). The summed E-state index contributed by atoms with van der Waals surface area (Å²) in [5.74, 6) is -0.162. The normalized spacial score (nSPS) is 11.3. The number of anilines is 1. The maximum Gasteiger partial charge on any atom is 0.243 e. The predicted molar refractivity (Wildman–Crippen MR) is 86.7 cm³/mol. The van der Waals surface area contributed by atoms with Gasteiger partial charge in [0.15, 0.2) is 0 Å². The number of hydrogen-bond donors (Lipinski definition) is 4. The molecule has 8 heteroatoms. The molecule has 1 aromatic rings. The summed E-state index contributed by atoms with van der Waals surface area (Å²) in [5.41, 5.74) is 1.18. The van der Waals surface area contributed by atoms with Gasteiger partial charge in [0, 0.05) is 11.7 Å². The van der Waals surface area contributed by atoms with E-state index < -0.39 is 10.0 Å². The van der Waals surface area contributed by atoms with Gasteiger partial charge in [-0.15, -0.1) is 0 Å². The number of carbonyl (C=O) groups excluding carboxylic acids is 1. The summed E-state index contributed by atoms with van der Waals surface area (Å²) >= 11 is 0. The maximum absolute atomic E-state index is 12.1. The van der Waals surface area contributed by atoms with E-state index >= 15 is 0 Å². The van der Waals surface area contributed by atoms with E-state index in [0.29, 0.717) is 5.69 Å². The second-order valence-electron chi connectivity index (χ2n) is 5.28. The minimum Gasteiger partial charge on any atom is -0.365 e. The van der Waals surface area contributed by atoms with Gasteiger partial charge in [-0.05, 0) is 45.4 Å². The molecule has 122 valence electrons. The molecule has 0 aromatic heterocycles. The monoisotopic (exact) mass is 326 g/mol. The van der Waals surface area contributed by atoms with Crippen LogP contribution in [0, 0.1) is 12.3 Å². The molecule has 0 saturated heterocycles. The highest BCUT2D eigenvalue weighted by molar-refractivity contribution is 7.89. The van der Waals surface area contributed by atoms with E-state index in [1.807, 2.05) is 0 Å². The van der Waals surface area contributed by atoms with Crippen LogP contribution >= 0.6 is 0 Å². The quantitative estimate of drug-likeness (QED) is 0.465. The molecule has 0 aliphatic heterocycles. The first-order valence-corrected chi connectivity index (χ1v) is 8.32. The number of rotatable bonds is 6. The van der Waals surface area contributed by atoms with Crippen molar-refractivity contribution < 1.29 is 13.2 Å². The van der Waals surface area contributed by atoms with Crippen LogP contribution in [0.2, 0.25) is 0 Å². The van der Waals surface area contributed by atoms with E-state index in [4.69, 9.17) is 5.41 Å². The van der Waals surface area contributed by atoms with E-state index in [1.54, 1.807) is 26.8 Å². The number of nitrogens with one attached hydrogen (secondary N) is 4. The summed E-state index contributed by atoms with van der Waals surface area (Å²) in [6.07, 6.45) is 0. The van der Waals surface area contributed by atoms with E-state index in [0.717, 1.165) is 5.56 Å². The van der Waals surface area contributed by atoms with Gasteiger partial charge in [-0.1, -0.05) is 6.07 Å². The van der Waals surface area contributed by atoms with Crippen molar-refractivity contribution >= 4 is 27.5 Å². The van der Waals surface area contributed by atoms with Crippen LogP contribution in [0.5, 0.6) is 0 Å². The van der Waals surface area contributed by atoms with Gasteiger partial charge in [-0.2, -0.15) is 0 Å². The van der Waals surface area contributed by atoms with Gasteiger partial charge in [0.1, 0.15) is 0 Å². The van der Waals surface area contributed by atoms with Crippen molar-refractivity contribution in [2.75, 3.05) is 11.9 Å². The molecule has 1 amide bonds. The highest BCUT2D eigenvalue weighted by Crippen LogP contribution is 2.20.